The Balaban J connectivity index is 2.27. The molecular formula is C11H24N4. The molecule has 0 aromatic rings. The van der Waals surface area contributed by atoms with Crippen LogP contribution in [0.2, 0.25) is 0 Å². The third kappa shape index (κ3) is 4.51. The van der Waals surface area contributed by atoms with Gasteiger partial charge in [-0.1, -0.05) is 6.42 Å². The first-order valence-electron chi connectivity index (χ1n) is 6.02. The molecule has 1 rings (SSSR count). The van der Waals surface area contributed by atoms with Crippen LogP contribution in [0.1, 0.15) is 33.1 Å². The molecule has 0 radical (unpaired) electrons. The Morgan fingerprint density at radius 2 is 2.07 bits per heavy atom. The lowest BCUT2D eigenvalue weighted by Crippen LogP contribution is -2.40. The Morgan fingerprint density at radius 1 is 1.40 bits per heavy atom. The van der Waals surface area contributed by atoms with E-state index in [-0.39, 0.29) is 0 Å². The fourth-order valence-electron chi connectivity index (χ4n) is 1.94. The van der Waals surface area contributed by atoms with Crippen molar-refractivity contribution >= 4 is 5.96 Å². The molecule has 1 aliphatic rings. The smallest absolute Gasteiger partial charge is 0.188 e. The quantitative estimate of drug-likeness (QED) is 0.535. The van der Waals surface area contributed by atoms with Gasteiger partial charge in [-0.15, -0.1) is 0 Å². The maximum absolute atomic E-state index is 5.68. The van der Waals surface area contributed by atoms with Gasteiger partial charge in [0.2, 0.25) is 0 Å². The molecular weight excluding hydrogens is 188 g/mol. The molecule has 1 unspecified atom stereocenters. The zero-order valence-electron chi connectivity index (χ0n) is 10.00. The number of aliphatic imine (C=N–C) groups is 1. The number of nitrogens with one attached hydrogen (secondary N) is 1. The number of likely N-dealkylation sites (tertiary alicyclic amines) is 1. The van der Waals surface area contributed by atoms with Crippen LogP contribution >= 0.6 is 0 Å². The molecule has 0 aromatic carbocycles. The van der Waals surface area contributed by atoms with Gasteiger partial charge >= 0.3 is 0 Å². The van der Waals surface area contributed by atoms with Gasteiger partial charge in [-0.3, -0.25) is 9.89 Å². The molecule has 1 saturated heterocycles. The summed E-state index contributed by atoms with van der Waals surface area (Å²) in [5.41, 5.74) is 5.68. The van der Waals surface area contributed by atoms with E-state index in [1.54, 1.807) is 0 Å². The molecule has 4 heteroatoms. The second kappa shape index (κ2) is 6.67. The number of nitrogens with zero attached hydrogens (tertiary/aromatic N) is 2. The molecule has 0 aliphatic carbocycles. The summed E-state index contributed by atoms with van der Waals surface area (Å²) >= 11 is 0. The van der Waals surface area contributed by atoms with Crippen LogP contribution in [0, 0.1) is 0 Å². The Kier molecular flexibility index (Phi) is 5.47. The second-order valence-electron chi connectivity index (χ2n) is 4.20. The molecule has 1 fully saturated rings. The third-order valence-corrected chi connectivity index (χ3v) is 2.90. The standard InChI is InChI=1S/C11H24N4/c1-3-13-11(12)14-9-10(2)15-7-5-4-6-8-15/h10H,3-9H2,1-2H3,(H3,12,13,14). The summed E-state index contributed by atoms with van der Waals surface area (Å²) in [6.07, 6.45) is 4.04. The largest absolute Gasteiger partial charge is 0.370 e. The molecule has 1 heterocycles. The van der Waals surface area contributed by atoms with Crippen LogP contribution in [0.4, 0.5) is 0 Å². The van der Waals surface area contributed by atoms with Gasteiger partial charge in [-0.25, -0.2) is 0 Å². The summed E-state index contributed by atoms with van der Waals surface area (Å²) in [5.74, 6) is 0.571. The van der Waals surface area contributed by atoms with E-state index < -0.39 is 0 Å². The minimum atomic E-state index is 0.516. The fraction of sp³-hybridized carbons (Fsp3) is 0.909. The second-order valence-corrected chi connectivity index (χ2v) is 4.20. The van der Waals surface area contributed by atoms with Gasteiger partial charge < -0.3 is 11.1 Å². The maximum Gasteiger partial charge on any atom is 0.188 e. The minimum absolute atomic E-state index is 0.516. The molecule has 0 bridgehead atoms. The third-order valence-electron chi connectivity index (χ3n) is 2.90. The Morgan fingerprint density at radius 3 is 2.67 bits per heavy atom. The van der Waals surface area contributed by atoms with Crippen molar-refractivity contribution in [3.05, 3.63) is 0 Å². The zero-order chi connectivity index (χ0) is 11.1. The highest BCUT2D eigenvalue weighted by Crippen LogP contribution is 2.11. The van der Waals surface area contributed by atoms with Gasteiger partial charge in [0.1, 0.15) is 0 Å². The molecule has 1 aliphatic heterocycles. The highest BCUT2D eigenvalue weighted by atomic mass is 15.2. The van der Waals surface area contributed by atoms with E-state index in [9.17, 15) is 0 Å². The molecule has 3 N–H and O–H groups in total. The predicted octanol–water partition coefficient (Wildman–Crippen LogP) is 0.785. The normalized spacial score (nSPS) is 21.3. The maximum atomic E-state index is 5.68. The summed E-state index contributed by atoms with van der Waals surface area (Å²) in [6, 6.07) is 0.516. The lowest BCUT2D eigenvalue weighted by Gasteiger charge is -2.31. The number of hydrogen-bond acceptors (Lipinski definition) is 2. The number of piperidine rings is 1. The van der Waals surface area contributed by atoms with E-state index in [1.165, 1.54) is 32.4 Å². The zero-order valence-corrected chi connectivity index (χ0v) is 10.00. The van der Waals surface area contributed by atoms with Crippen LogP contribution in [-0.4, -0.2) is 43.1 Å². The minimum Gasteiger partial charge on any atom is -0.370 e. The molecule has 4 nitrogen and oxygen atoms in total. The average Bonchev–Trinajstić information content (AvgIpc) is 2.27. The van der Waals surface area contributed by atoms with Crippen molar-refractivity contribution in [1.82, 2.24) is 10.2 Å². The van der Waals surface area contributed by atoms with E-state index in [1.807, 2.05) is 6.92 Å². The van der Waals surface area contributed by atoms with E-state index >= 15 is 0 Å². The Labute approximate surface area is 92.9 Å². The van der Waals surface area contributed by atoms with Gasteiger partial charge in [0.25, 0.3) is 0 Å². The lowest BCUT2D eigenvalue weighted by molar-refractivity contribution is 0.178. The molecule has 0 aromatic heterocycles. The van der Waals surface area contributed by atoms with Crippen LogP contribution < -0.4 is 11.1 Å². The van der Waals surface area contributed by atoms with Crippen molar-refractivity contribution in [2.45, 2.75) is 39.2 Å². The molecule has 0 spiro atoms. The summed E-state index contributed by atoms with van der Waals surface area (Å²) in [7, 11) is 0. The summed E-state index contributed by atoms with van der Waals surface area (Å²) in [5, 5.41) is 3.01. The average molecular weight is 212 g/mol. The predicted molar refractivity (Wildman–Crippen MR) is 65.1 cm³/mol. The molecule has 88 valence electrons. The number of nitrogens with two attached hydrogens (primary N) is 1. The van der Waals surface area contributed by atoms with Crippen molar-refractivity contribution in [1.29, 1.82) is 0 Å². The number of guanidine groups is 1. The summed E-state index contributed by atoms with van der Waals surface area (Å²) < 4.78 is 0. The van der Waals surface area contributed by atoms with Crippen molar-refractivity contribution in [2.75, 3.05) is 26.2 Å². The monoisotopic (exact) mass is 212 g/mol. The van der Waals surface area contributed by atoms with Crippen LogP contribution in [-0.2, 0) is 0 Å². The number of rotatable bonds is 4. The van der Waals surface area contributed by atoms with Crippen LogP contribution in [0.15, 0.2) is 4.99 Å². The van der Waals surface area contributed by atoms with Gasteiger partial charge in [0.05, 0.1) is 6.54 Å². The SMILES string of the molecule is CCNC(N)=NCC(C)N1CCCCC1. The first kappa shape index (κ1) is 12.3. The Hall–Kier alpha value is -0.770. The summed E-state index contributed by atoms with van der Waals surface area (Å²) in [6.45, 7) is 8.34. The Bertz CT molecular complexity index is 197. The molecule has 1 atom stereocenters. The van der Waals surface area contributed by atoms with Gasteiger partial charge in [0.15, 0.2) is 5.96 Å². The topological polar surface area (TPSA) is 53.6 Å². The number of hydrogen-bond donors (Lipinski definition) is 2. The van der Waals surface area contributed by atoms with Crippen molar-refractivity contribution in [3.63, 3.8) is 0 Å². The summed E-state index contributed by atoms with van der Waals surface area (Å²) in [4.78, 5) is 6.84. The lowest BCUT2D eigenvalue weighted by atomic mass is 10.1. The fourth-order valence-corrected chi connectivity index (χ4v) is 1.94. The molecule has 0 saturated carbocycles. The highest BCUT2D eigenvalue weighted by molar-refractivity contribution is 5.77. The molecule has 0 amide bonds. The van der Waals surface area contributed by atoms with Crippen molar-refractivity contribution < 1.29 is 0 Å². The van der Waals surface area contributed by atoms with Crippen LogP contribution in [0.25, 0.3) is 0 Å². The van der Waals surface area contributed by atoms with E-state index in [0.29, 0.717) is 12.0 Å². The van der Waals surface area contributed by atoms with Gasteiger partial charge in [0, 0.05) is 12.6 Å². The van der Waals surface area contributed by atoms with Crippen LogP contribution in [0.3, 0.4) is 0 Å². The van der Waals surface area contributed by atoms with Crippen LogP contribution in [0.5, 0.6) is 0 Å². The first-order chi connectivity index (χ1) is 7.24. The first-order valence-corrected chi connectivity index (χ1v) is 6.02. The van der Waals surface area contributed by atoms with E-state index in [4.69, 9.17) is 5.73 Å². The van der Waals surface area contributed by atoms with Gasteiger partial charge in [-0.2, -0.15) is 0 Å². The molecule has 15 heavy (non-hydrogen) atoms. The van der Waals surface area contributed by atoms with Gasteiger partial charge in [-0.05, 0) is 39.8 Å². The van der Waals surface area contributed by atoms with Crippen molar-refractivity contribution in [2.24, 2.45) is 10.7 Å². The highest BCUT2D eigenvalue weighted by Gasteiger charge is 2.15. The van der Waals surface area contributed by atoms with E-state index in [0.717, 1.165) is 13.1 Å². The van der Waals surface area contributed by atoms with Crippen molar-refractivity contribution in [3.8, 4) is 0 Å². The van der Waals surface area contributed by atoms with E-state index in [2.05, 4.69) is 22.1 Å².